The lowest BCUT2D eigenvalue weighted by atomic mass is 10.2. The number of benzene rings is 1. The molecule has 0 aliphatic rings. The molecule has 1 heterocycles. The number of halogens is 1. The van der Waals surface area contributed by atoms with E-state index in [0.29, 0.717) is 0 Å². The average Bonchev–Trinajstić information content (AvgIpc) is 2.67. The number of nitrogens with zero attached hydrogens (tertiary/aromatic N) is 2. The predicted molar refractivity (Wildman–Crippen MR) is 62.6 cm³/mol. The molecule has 1 aromatic heterocycles. The van der Waals surface area contributed by atoms with Gasteiger partial charge in [-0.2, -0.15) is 5.10 Å². The van der Waals surface area contributed by atoms with Crippen LogP contribution in [0.15, 0.2) is 36.7 Å². The van der Waals surface area contributed by atoms with Crippen LogP contribution >= 0.6 is 11.6 Å². The van der Waals surface area contributed by atoms with Crippen molar-refractivity contribution in [3.63, 3.8) is 0 Å². The fourth-order valence-electron chi connectivity index (χ4n) is 1.54. The predicted octanol–water partition coefficient (Wildman–Crippen LogP) is 3.48. The van der Waals surface area contributed by atoms with E-state index in [-0.39, 0.29) is 0 Å². The van der Waals surface area contributed by atoms with Gasteiger partial charge in [0.2, 0.25) is 0 Å². The Bertz CT molecular complexity index is 448. The molecule has 0 radical (unpaired) electrons. The van der Waals surface area contributed by atoms with Crippen molar-refractivity contribution < 1.29 is 0 Å². The Morgan fingerprint density at radius 2 is 2.27 bits per heavy atom. The fraction of sp³-hybridized carbons (Fsp3) is 0.250. The summed E-state index contributed by atoms with van der Waals surface area (Å²) in [6, 6.07) is 7.69. The lowest BCUT2D eigenvalue weighted by Gasteiger charge is -2.00. The van der Waals surface area contributed by atoms with Gasteiger partial charge < -0.3 is 0 Å². The summed E-state index contributed by atoms with van der Waals surface area (Å²) in [7, 11) is 0. The minimum Gasteiger partial charge on any atom is -0.241 e. The number of rotatable bonds is 3. The van der Waals surface area contributed by atoms with Crippen molar-refractivity contribution >= 4 is 11.6 Å². The summed E-state index contributed by atoms with van der Waals surface area (Å²) in [6.07, 6.45) is 6.17. The molecular formula is C12H13ClN2. The first-order valence-electron chi connectivity index (χ1n) is 5.09. The summed E-state index contributed by atoms with van der Waals surface area (Å²) in [6.45, 7) is 2.16. The molecule has 2 rings (SSSR count). The van der Waals surface area contributed by atoms with Crippen molar-refractivity contribution in [2.45, 2.75) is 19.8 Å². The van der Waals surface area contributed by atoms with E-state index in [2.05, 4.69) is 18.2 Å². The van der Waals surface area contributed by atoms with Crippen LogP contribution < -0.4 is 0 Å². The first-order valence-corrected chi connectivity index (χ1v) is 5.47. The third-order valence-electron chi connectivity index (χ3n) is 2.25. The highest BCUT2D eigenvalue weighted by Crippen LogP contribution is 2.14. The average molecular weight is 221 g/mol. The van der Waals surface area contributed by atoms with Crippen molar-refractivity contribution in [2.75, 3.05) is 0 Å². The van der Waals surface area contributed by atoms with Crippen LogP contribution in [0.25, 0.3) is 5.69 Å². The van der Waals surface area contributed by atoms with Crippen molar-refractivity contribution in [3.8, 4) is 5.69 Å². The Kier molecular flexibility index (Phi) is 3.07. The van der Waals surface area contributed by atoms with E-state index < -0.39 is 0 Å². The molecule has 78 valence electrons. The molecule has 0 amide bonds. The summed E-state index contributed by atoms with van der Waals surface area (Å²) in [5, 5.41) is 5.04. The van der Waals surface area contributed by atoms with E-state index in [1.54, 1.807) is 0 Å². The monoisotopic (exact) mass is 220 g/mol. The van der Waals surface area contributed by atoms with Crippen LogP contribution in [0.4, 0.5) is 0 Å². The molecular weight excluding hydrogens is 208 g/mol. The Morgan fingerprint density at radius 3 is 3.00 bits per heavy atom. The standard InChI is InChI=1S/C12H13ClN2/c1-2-4-10-8-14-15(9-10)12-6-3-5-11(13)7-12/h3,5-9H,2,4H2,1H3. The van der Waals surface area contributed by atoms with Gasteiger partial charge in [-0.05, 0) is 30.2 Å². The van der Waals surface area contributed by atoms with Gasteiger partial charge in [-0.15, -0.1) is 0 Å². The second-order valence-corrected chi connectivity index (χ2v) is 3.96. The largest absolute Gasteiger partial charge is 0.241 e. The minimum atomic E-state index is 0.736. The second kappa shape index (κ2) is 4.49. The highest BCUT2D eigenvalue weighted by Gasteiger charge is 2.00. The molecule has 0 fully saturated rings. The lowest BCUT2D eigenvalue weighted by molar-refractivity contribution is 0.877. The molecule has 0 unspecified atom stereocenters. The van der Waals surface area contributed by atoms with Crippen LogP contribution in [-0.4, -0.2) is 9.78 Å². The van der Waals surface area contributed by atoms with Crippen LogP contribution in [0, 0.1) is 0 Å². The molecule has 0 saturated heterocycles. The molecule has 1 aromatic carbocycles. The van der Waals surface area contributed by atoms with E-state index in [1.165, 1.54) is 5.56 Å². The number of hydrogen-bond donors (Lipinski definition) is 0. The zero-order chi connectivity index (χ0) is 10.7. The maximum Gasteiger partial charge on any atom is 0.0660 e. The van der Waals surface area contributed by atoms with Crippen LogP contribution in [0.1, 0.15) is 18.9 Å². The summed E-state index contributed by atoms with van der Waals surface area (Å²) in [5.74, 6) is 0. The molecule has 0 saturated carbocycles. The smallest absolute Gasteiger partial charge is 0.0660 e. The van der Waals surface area contributed by atoms with Gasteiger partial charge in [0.15, 0.2) is 0 Å². The SMILES string of the molecule is CCCc1cnn(-c2cccc(Cl)c2)c1. The van der Waals surface area contributed by atoms with Crippen molar-refractivity contribution in [2.24, 2.45) is 0 Å². The van der Waals surface area contributed by atoms with E-state index in [9.17, 15) is 0 Å². The first-order chi connectivity index (χ1) is 7.29. The zero-order valence-corrected chi connectivity index (χ0v) is 9.41. The van der Waals surface area contributed by atoms with Crippen molar-refractivity contribution in [3.05, 3.63) is 47.2 Å². The van der Waals surface area contributed by atoms with Crippen molar-refractivity contribution in [1.29, 1.82) is 0 Å². The number of hydrogen-bond acceptors (Lipinski definition) is 1. The van der Waals surface area contributed by atoms with E-state index in [0.717, 1.165) is 23.6 Å². The molecule has 0 bridgehead atoms. The fourth-order valence-corrected chi connectivity index (χ4v) is 1.72. The molecule has 2 nitrogen and oxygen atoms in total. The Morgan fingerprint density at radius 1 is 1.40 bits per heavy atom. The van der Waals surface area contributed by atoms with E-state index >= 15 is 0 Å². The van der Waals surface area contributed by atoms with E-state index in [4.69, 9.17) is 11.6 Å². The lowest BCUT2D eigenvalue weighted by Crippen LogP contribution is -1.93. The van der Waals surface area contributed by atoms with Crippen molar-refractivity contribution in [1.82, 2.24) is 9.78 Å². The molecule has 3 heteroatoms. The maximum absolute atomic E-state index is 5.92. The van der Waals surface area contributed by atoms with Gasteiger partial charge in [0.1, 0.15) is 0 Å². The first kappa shape index (κ1) is 10.2. The molecule has 0 spiro atoms. The quantitative estimate of drug-likeness (QED) is 0.775. The van der Waals surface area contributed by atoms with Gasteiger partial charge in [0, 0.05) is 11.2 Å². The topological polar surface area (TPSA) is 17.8 Å². The van der Waals surface area contributed by atoms with Crippen LogP contribution in [-0.2, 0) is 6.42 Å². The Hall–Kier alpha value is -1.28. The third kappa shape index (κ3) is 2.39. The molecule has 2 aromatic rings. The van der Waals surface area contributed by atoms with Crippen LogP contribution in [0.5, 0.6) is 0 Å². The van der Waals surface area contributed by atoms with Crippen LogP contribution in [0.3, 0.4) is 0 Å². The maximum atomic E-state index is 5.92. The molecule has 15 heavy (non-hydrogen) atoms. The third-order valence-corrected chi connectivity index (χ3v) is 2.48. The summed E-state index contributed by atoms with van der Waals surface area (Å²) < 4.78 is 1.86. The van der Waals surface area contributed by atoms with Gasteiger partial charge in [0.05, 0.1) is 11.9 Å². The van der Waals surface area contributed by atoms with Gasteiger partial charge in [-0.25, -0.2) is 4.68 Å². The summed E-state index contributed by atoms with van der Waals surface area (Å²) >= 11 is 5.92. The second-order valence-electron chi connectivity index (χ2n) is 3.52. The van der Waals surface area contributed by atoms with Gasteiger partial charge >= 0.3 is 0 Å². The Labute approximate surface area is 94.5 Å². The zero-order valence-electron chi connectivity index (χ0n) is 8.65. The Balaban J connectivity index is 2.29. The van der Waals surface area contributed by atoms with Crippen LogP contribution in [0.2, 0.25) is 5.02 Å². The summed E-state index contributed by atoms with van der Waals surface area (Å²) in [4.78, 5) is 0. The van der Waals surface area contributed by atoms with Gasteiger partial charge in [0.25, 0.3) is 0 Å². The summed E-state index contributed by atoms with van der Waals surface area (Å²) in [5.41, 5.74) is 2.27. The number of aryl methyl sites for hydroxylation is 1. The highest BCUT2D eigenvalue weighted by molar-refractivity contribution is 6.30. The van der Waals surface area contributed by atoms with Gasteiger partial charge in [-0.3, -0.25) is 0 Å². The number of aromatic nitrogens is 2. The van der Waals surface area contributed by atoms with Gasteiger partial charge in [-0.1, -0.05) is 31.0 Å². The molecule has 0 N–H and O–H groups in total. The van der Waals surface area contributed by atoms with E-state index in [1.807, 2.05) is 35.1 Å². The molecule has 0 aliphatic heterocycles. The molecule has 0 atom stereocenters. The normalized spacial score (nSPS) is 10.5. The minimum absolute atomic E-state index is 0.736. The highest BCUT2D eigenvalue weighted by atomic mass is 35.5. The molecule has 0 aliphatic carbocycles.